The zero-order valence-corrected chi connectivity index (χ0v) is 19.2. The maximum Gasteiger partial charge on any atom is 0.319 e. The number of nitrogens with one attached hydrogen (secondary N) is 1. The van der Waals surface area contributed by atoms with Gasteiger partial charge in [0, 0.05) is 61.9 Å². The lowest BCUT2D eigenvalue weighted by atomic mass is 9.95. The quantitative estimate of drug-likeness (QED) is 0.699. The third-order valence-electron chi connectivity index (χ3n) is 6.19. The first kappa shape index (κ1) is 21.9. The maximum atomic E-state index is 12.6. The van der Waals surface area contributed by atoms with E-state index in [4.69, 9.17) is 0 Å². The zero-order chi connectivity index (χ0) is 20.8. The van der Waals surface area contributed by atoms with Crippen molar-refractivity contribution in [3.8, 4) is 0 Å². The molecule has 0 aromatic heterocycles. The van der Waals surface area contributed by atoms with Crippen molar-refractivity contribution in [3.63, 3.8) is 0 Å². The highest BCUT2D eigenvalue weighted by molar-refractivity contribution is 9.10. The van der Waals surface area contributed by atoms with Crippen molar-refractivity contribution < 1.29 is 9.59 Å². The van der Waals surface area contributed by atoms with Crippen molar-refractivity contribution in [2.45, 2.75) is 33.1 Å². The summed E-state index contributed by atoms with van der Waals surface area (Å²) < 4.78 is 1.09. The predicted octanol–water partition coefficient (Wildman–Crippen LogP) is 3.57. The molecule has 2 aliphatic rings. The second kappa shape index (κ2) is 10.3. The van der Waals surface area contributed by atoms with Gasteiger partial charge in [0.15, 0.2) is 0 Å². The smallest absolute Gasteiger partial charge is 0.319 e. The van der Waals surface area contributed by atoms with Gasteiger partial charge in [0.05, 0.1) is 0 Å². The van der Waals surface area contributed by atoms with E-state index in [1.54, 1.807) is 0 Å². The lowest BCUT2D eigenvalue weighted by Crippen LogP contribution is -2.48. The summed E-state index contributed by atoms with van der Waals surface area (Å²) >= 11 is 3.54. The Morgan fingerprint density at radius 1 is 1.14 bits per heavy atom. The number of anilines is 1. The van der Waals surface area contributed by atoms with Gasteiger partial charge in [-0.25, -0.2) is 4.79 Å². The van der Waals surface area contributed by atoms with Gasteiger partial charge in [-0.1, -0.05) is 22.0 Å². The van der Waals surface area contributed by atoms with Gasteiger partial charge in [0.1, 0.15) is 0 Å². The van der Waals surface area contributed by atoms with Gasteiger partial charge in [-0.3, -0.25) is 4.79 Å². The number of likely N-dealkylation sites (tertiary alicyclic amines) is 1. The fourth-order valence-electron chi connectivity index (χ4n) is 4.32. The Bertz CT molecular complexity index is 702. The number of piperidine rings is 1. The summed E-state index contributed by atoms with van der Waals surface area (Å²) in [7, 11) is 0. The van der Waals surface area contributed by atoms with Crippen LogP contribution in [0, 0.1) is 11.8 Å². The predicted molar refractivity (Wildman–Crippen MR) is 120 cm³/mol. The molecule has 7 heteroatoms. The summed E-state index contributed by atoms with van der Waals surface area (Å²) in [5.41, 5.74) is 1.23. The molecule has 2 fully saturated rings. The number of urea groups is 1. The van der Waals surface area contributed by atoms with Crippen LogP contribution in [-0.2, 0) is 4.79 Å². The van der Waals surface area contributed by atoms with Crippen molar-refractivity contribution >= 4 is 33.6 Å². The maximum absolute atomic E-state index is 12.6. The van der Waals surface area contributed by atoms with Crippen molar-refractivity contribution in [2.75, 3.05) is 50.7 Å². The number of halogens is 1. The molecule has 29 heavy (non-hydrogen) atoms. The largest absolute Gasteiger partial charge is 0.371 e. The summed E-state index contributed by atoms with van der Waals surface area (Å²) in [4.78, 5) is 31.2. The van der Waals surface area contributed by atoms with Crippen molar-refractivity contribution in [1.29, 1.82) is 0 Å². The molecule has 6 nitrogen and oxygen atoms in total. The fourth-order valence-corrected chi connectivity index (χ4v) is 4.71. The highest BCUT2D eigenvalue weighted by Crippen LogP contribution is 2.26. The van der Waals surface area contributed by atoms with Gasteiger partial charge in [-0.15, -0.1) is 0 Å². The van der Waals surface area contributed by atoms with Crippen molar-refractivity contribution in [2.24, 2.45) is 11.8 Å². The minimum absolute atomic E-state index is 0.0262. The van der Waals surface area contributed by atoms with Crippen LogP contribution in [0.3, 0.4) is 0 Å². The van der Waals surface area contributed by atoms with E-state index in [0.717, 1.165) is 56.5 Å². The number of carbonyl (C=O) groups excluding carboxylic acids is 2. The van der Waals surface area contributed by atoms with Crippen molar-refractivity contribution in [1.82, 2.24) is 15.1 Å². The minimum Gasteiger partial charge on any atom is -0.371 e. The Morgan fingerprint density at radius 2 is 1.86 bits per heavy atom. The highest BCUT2D eigenvalue weighted by atomic mass is 79.9. The third-order valence-corrected chi connectivity index (χ3v) is 6.69. The molecular weight excluding hydrogens is 432 g/mol. The molecule has 0 aliphatic carbocycles. The number of nitrogens with zero attached hydrogens (tertiary/aromatic N) is 3. The normalized spacial score (nSPS) is 20.0. The van der Waals surface area contributed by atoms with E-state index >= 15 is 0 Å². The highest BCUT2D eigenvalue weighted by Gasteiger charge is 2.30. The first-order valence-corrected chi connectivity index (χ1v) is 11.6. The van der Waals surface area contributed by atoms with Crippen LogP contribution in [0.15, 0.2) is 28.7 Å². The van der Waals surface area contributed by atoms with E-state index in [-0.39, 0.29) is 17.9 Å². The number of hydrogen-bond acceptors (Lipinski definition) is 3. The van der Waals surface area contributed by atoms with Gasteiger partial charge in [-0.2, -0.15) is 0 Å². The zero-order valence-electron chi connectivity index (χ0n) is 17.6. The Morgan fingerprint density at radius 3 is 2.52 bits per heavy atom. The number of amides is 3. The van der Waals surface area contributed by atoms with Gasteiger partial charge in [0.25, 0.3) is 0 Å². The van der Waals surface area contributed by atoms with E-state index in [9.17, 15) is 9.59 Å². The van der Waals surface area contributed by atoms with Gasteiger partial charge >= 0.3 is 6.03 Å². The van der Waals surface area contributed by atoms with E-state index in [2.05, 4.69) is 44.3 Å². The molecule has 160 valence electrons. The first-order chi connectivity index (χ1) is 14.0. The Balaban J connectivity index is 1.40. The average molecular weight is 465 g/mol. The standard InChI is InChI=1S/C22H33BrN4O2/c1-3-25(4-2)22(29)26-12-9-18(10-13-26)21(28)24-15-17-8-11-27(16-17)20-7-5-6-19(23)14-20/h5-7,14,17-18H,3-4,8-13,15-16H2,1-2H3,(H,24,28). The van der Waals surface area contributed by atoms with E-state index < -0.39 is 0 Å². The molecule has 3 rings (SSSR count). The molecule has 0 bridgehead atoms. The third kappa shape index (κ3) is 5.65. The Kier molecular flexibility index (Phi) is 7.81. The van der Waals surface area contributed by atoms with E-state index in [0.29, 0.717) is 19.0 Å². The summed E-state index contributed by atoms with van der Waals surface area (Å²) in [5.74, 6) is 0.668. The summed E-state index contributed by atoms with van der Waals surface area (Å²) in [6.45, 7) is 9.56. The van der Waals surface area contributed by atoms with Gasteiger partial charge in [0.2, 0.25) is 5.91 Å². The molecule has 0 saturated carbocycles. The van der Waals surface area contributed by atoms with Crippen LogP contribution in [0.4, 0.5) is 10.5 Å². The van der Waals surface area contributed by atoms with E-state index in [1.807, 2.05) is 29.7 Å². The number of benzene rings is 1. The van der Waals surface area contributed by atoms with Crippen LogP contribution >= 0.6 is 15.9 Å². The van der Waals surface area contributed by atoms with Crippen LogP contribution in [0.5, 0.6) is 0 Å². The Labute approximate surface area is 182 Å². The van der Waals surface area contributed by atoms with Crippen LogP contribution in [-0.4, -0.2) is 67.6 Å². The lowest BCUT2D eigenvalue weighted by molar-refractivity contribution is -0.126. The molecule has 1 aromatic rings. The average Bonchev–Trinajstić information content (AvgIpc) is 3.22. The second-order valence-corrected chi connectivity index (χ2v) is 8.96. The topological polar surface area (TPSA) is 55.9 Å². The number of carbonyl (C=O) groups is 2. The van der Waals surface area contributed by atoms with E-state index in [1.165, 1.54) is 5.69 Å². The summed E-state index contributed by atoms with van der Waals surface area (Å²) in [5, 5.41) is 3.18. The molecule has 1 atom stereocenters. The molecule has 0 radical (unpaired) electrons. The van der Waals surface area contributed by atoms with Gasteiger partial charge < -0.3 is 20.0 Å². The molecule has 0 spiro atoms. The van der Waals surface area contributed by atoms with Crippen LogP contribution in [0.1, 0.15) is 33.1 Å². The molecule has 1 N–H and O–H groups in total. The lowest BCUT2D eigenvalue weighted by Gasteiger charge is -2.34. The number of rotatable bonds is 6. The second-order valence-electron chi connectivity index (χ2n) is 8.04. The molecule has 2 aliphatic heterocycles. The minimum atomic E-state index is 0.0262. The Hall–Kier alpha value is -1.76. The monoisotopic (exact) mass is 464 g/mol. The van der Waals surface area contributed by atoms with Crippen molar-refractivity contribution in [3.05, 3.63) is 28.7 Å². The molecule has 1 unspecified atom stereocenters. The molecule has 3 amide bonds. The molecule has 2 heterocycles. The summed E-state index contributed by atoms with van der Waals surface area (Å²) in [6, 6.07) is 8.49. The van der Waals surface area contributed by atoms with Crippen LogP contribution < -0.4 is 10.2 Å². The van der Waals surface area contributed by atoms with Gasteiger partial charge in [-0.05, 0) is 57.2 Å². The molecule has 1 aromatic carbocycles. The molecular formula is C22H33BrN4O2. The first-order valence-electron chi connectivity index (χ1n) is 10.8. The fraction of sp³-hybridized carbons (Fsp3) is 0.636. The van der Waals surface area contributed by atoms with Crippen LogP contribution in [0.2, 0.25) is 0 Å². The van der Waals surface area contributed by atoms with Crippen LogP contribution in [0.25, 0.3) is 0 Å². The summed E-state index contributed by atoms with van der Waals surface area (Å²) in [6.07, 6.45) is 2.62. The number of hydrogen-bond donors (Lipinski definition) is 1. The molecule has 2 saturated heterocycles. The SMILES string of the molecule is CCN(CC)C(=O)N1CCC(C(=O)NCC2CCN(c3cccc(Br)c3)C2)CC1.